The smallest absolute Gasteiger partial charge is 0.123 e. The van der Waals surface area contributed by atoms with Gasteiger partial charge in [0.05, 0.1) is 13.7 Å². The first kappa shape index (κ1) is 11.5. The van der Waals surface area contributed by atoms with Gasteiger partial charge in [0, 0.05) is 22.5 Å². The van der Waals surface area contributed by atoms with E-state index in [1.807, 2.05) is 18.2 Å². The Kier molecular flexibility index (Phi) is 4.38. The van der Waals surface area contributed by atoms with Crippen LogP contribution in [-0.2, 0) is 0 Å². The maximum Gasteiger partial charge on any atom is 0.123 e. The summed E-state index contributed by atoms with van der Waals surface area (Å²) in [6.07, 6.45) is 0. The van der Waals surface area contributed by atoms with Gasteiger partial charge in [-0.1, -0.05) is 22.0 Å². The van der Waals surface area contributed by atoms with Gasteiger partial charge in [-0.3, -0.25) is 0 Å². The molecule has 78 valence electrons. The molecule has 0 aliphatic carbocycles. The monoisotopic (exact) mass is 259 g/mol. The van der Waals surface area contributed by atoms with E-state index in [0.717, 1.165) is 15.8 Å². The van der Waals surface area contributed by atoms with Crippen LogP contribution in [0.3, 0.4) is 0 Å². The predicted molar refractivity (Wildman–Crippen MR) is 59.6 cm³/mol. The van der Waals surface area contributed by atoms with Crippen LogP contribution in [-0.4, -0.2) is 25.4 Å². The van der Waals surface area contributed by atoms with E-state index in [9.17, 15) is 0 Å². The fourth-order valence-electron chi connectivity index (χ4n) is 1.32. The molecule has 1 aromatic carbocycles. The molecule has 1 unspecified atom stereocenters. The lowest BCUT2D eigenvalue weighted by molar-refractivity contribution is 0.264. The number of aliphatic hydroxyl groups is 1. The summed E-state index contributed by atoms with van der Waals surface area (Å²) in [6, 6.07) is 5.69. The van der Waals surface area contributed by atoms with Crippen LogP contribution in [0.2, 0.25) is 0 Å². The van der Waals surface area contributed by atoms with E-state index >= 15 is 0 Å². The molecule has 1 aromatic rings. The van der Waals surface area contributed by atoms with Gasteiger partial charge in [0.15, 0.2) is 0 Å². The molecule has 4 heteroatoms. The van der Waals surface area contributed by atoms with Crippen molar-refractivity contribution >= 4 is 15.9 Å². The minimum Gasteiger partial charge on any atom is -0.496 e. The number of halogens is 1. The van der Waals surface area contributed by atoms with Crippen molar-refractivity contribution in [2.45, 2.75) is 5.92 Å². The average molecular weight is 260 g/mol. The van der Waals surface area contributed by atoms with Crippen LogP contribution < -0.4 is 10.5 Å². The Hall–Kier alpha value is -0.580. The van der Waals surface area contributed by atoms with Crippen molar-refractivity contribution in [3.63, 3.8) is 0 Å². The van der Waals surface area contributed by atoms with E-state index in [4.69, 9.17) is 15.6 Å². The Morgan fingerprint density at radius 1 is 1.57 bits per heavy atom. The fourth-order valence-corrected chi connectivity index (χ4v) is 1.66. The minimum absolute atomic E-state index is 0.0362. The standard InChI is InChI=1S/C10H14BrNO2/c1-14-10-4-8(11)2-3-9(10)7(5-12)6-13/h2-4,7,13H,5-6,12H2,1H3. The van der Waals surface area contributed by atoms with Crippen molar-refractivity contribution in [2.75, 3.05) is 20.3 Å². The molecule has 0 fully saturated rings. The largest absolute Gasteiger partial charge is 0.496 e. The Morgan fingerprint density at radius 2 is 2.29 bits per heavy atom. The molecule has 0 radical (unpaired) electrons. The summed E-state index contributed by atoms with van der Waals surface area (Å²) >= 11 is 3.36. The molecule has 0 saturated heterocycles. The second-order valence-corrected chi connectivity index (χ2v) is 3.92. The average Bonchev–Trinajstić information content (AvgIpc) is 2.21. The van der Waals surface area contributed by atoms with Crippen molar-refractivity contribution in [2.24, 2.45) is 5.73 Å². The Labute approximate surface area is 92.0 Å². The summed E-state index contributed by atoms with van der Waals surface area (Å²) in [5.41, 5.74) is 6.49. The Balaban J connectivity index is 3.06. The molecule has 3 N–H and O–H groups in total. The van der Waals surface area contributed by atoms with Crippen LogP contribution in [0.4, 0.5) is 0 Å². The van der Waals surface area contributed by atoms with E-state index in [-0.39, 0.29) is 12.5 Å². The molecular formula is C10H14BrNO2. The molecular weight excluding hydrogens is 246 g/mol. The summed E-state index contributed by atoms with van der Waals surface area (Å²) in [5.74, 6) is 0.696. The molecule has 0 bridgehead atoms. The predicted octanol–water partition coefficient (Wildman–Crippen LogP) is 1.49. The van der Waals surface area contributed by atoms with Crippen molar-refractivity contribution in [3.05, 3.63) is 28.2 Å². The van der Waals surface area contributed by atoms with Gasteiger partial charge in [0.25, 0.3) is 0 Å². The Bertz CT molecular complexity index is 300. The third kappa shape index (κ3) is 2.47. The number of benzene rings is 1. The van der Waals surface area contributed by atoms with Gasteiger partial charge in [0.2, 0.25) is 0 Å². The van der Waals surface area contributed by atoms with Gasteiger partial charge >= 0.3 is 0 Å². The fraction of sp³-hybridized carbons (Fsp3) is 0.400. The zero-order chi connectivity index (χ0) is 10.6. The van der Waals surface area contributed by atoms with Crippen molar-refractivity contribution in [1.82, 2.24) is 0 Å². The molecule has 0 aromatic heterocycles. The highest BCUT2D eigenvalue weighted by Gasteiger charge is 2.13. The maximum absolute atomic E-state index is 9.12. The molecule has 14 heavy (non-hydrogen) atoms. The van der Waals surface area contributed by atoms with Gasteiger partial charge in [-0.15, -0.1) is 0 Å². The van der Waals surface area contributed by atoms with Crippen LogP contribution in [0.15, 0.2) is 22.7 Å². The number of rotatable bonds is 4. The van der Waals surface area contributed by atoms with E-state index in [0.29, 0.717) is 6.54 Å². The third-order valence-corrected chi connectivity index (χ3v) is 2.63. The number of methoxy groups -OCH3 is 1. The van der Waals surface area contributed by atoms with Gasteiger partial charge in [-0.25, -0.2) is 0 Å². The molecule has 0 spiro atoms. The van der Waals surface area contributed by atoms with Crippen LogP contribution in [0.25, 0.3) is 0 Å². The lowest BCUT2D eigenvalue weighted by Gasteiger charge is -2.15. The van der Waals surface area contributed by atoms with Crippen molar-refractivity contribution in [1.29, 1.82) is 0 Å². The lowest BCUT2D eigenvalue weighted by atomic mass is 9.99. The van der Waals surface area contributed by atoms with Crippen LogP contribution in [0.1, 0.15) is 11.5 Å². The van der Waals surface area contributed by atoms with E-state index in [2.05, 4.69) is 15.9 Å². The SMILES string of the molecule is COc1cc(Br)ccc1C(CN)CO. The van der Waals surface area contributed by atoms with Gasteiger partial charge in [0.1, 0.15) is 5.75 Å². The minimum atomic E-state index is -0.0574. The molecule has 3 nitrogen and oxygen atoms in total. The van der Waals surface area contributed by atoms with Gasteiger partial charge in [-0.2, -0.15) is 0 Å². The first-order chi connectivity index (χ1) is 6.72. The number of ether oxygens (including phenoxy) is 1. The molecule has 1 atom stereocenters. The molecule has 0 aliphatic rings. The number of nitrogens with two attached hydrogens (primary N) is 1. The highest BCUT2D eigenvalue weighted by atomic mass is 79.9. The normalized spacial score (nSPS) is 12.6. The first-order valence-corrected chi connectivity index (χ1v) is 5.16. The van der Waals surface area contributed by atoms with E-state index in [1.54, 1.807) is 7.11 Å². The first-order valence-electron chi connectivity index (χ1n) is 4.37. The van der Waals surface area contributed by atoms with Gasteiger partial charge in [-0.05, 0) is 12.1 Å². The number of hydrogen-bond acceptors (Lipinski definition) is 3. The zero-order valence-corrected chi connectivity index (χ0v) is 9.62. The topological polar surface area (TPSA) is 55.5 Å². The molecule has 0 amide bonds. The summed E-state index contributed by atoms with van der Waals surface area (Å²) in [4.78, 5) is 0. The summed E-state index contributed by atoms with van der Waals surface area (Å²) in [6.45, 7) is 0.447. The van der Waals surface area contributed by atoms with Crippen LogP contribution in [0.5, 0.6) is 5.75 Å². The second kappa shape index (κ2) is 5.34. The molecule has 0 heterocycles. The summed E-state index contributed by atoms with van der Waals surface area (Å²) in [7, 11) is 1.61. The number of aliphatic hydroxyl groups excluding tert-OH is 1. The van der Waals surface area contributed by atoms with Gasteiger partial charge < -0.3 is 15.6 Å². The molecule has 0 aliphatic heterocycles. The van der Waals surface area contributed by atoms with Crippen LogP contribution >= 0.6 is 15.9 Å². The van der Waals surface area contributed by atoms with Crippen molar-refractivity contribution in [3.8, 4) is 5.75 Å². The summed E-state index contributed by atoms with van der Waals surface area (Å²) < 4.78 is 6.16. The lowest BCUT2D eigenvalue weighted by Crippen LogP contribution is -2.16. The highest BCUT2D eigenvalue weighted by molar-refractivity contribution is 9.10. The molecule has 1 rings (SSSR count). The maximum atomic E-state index is 9.12. The van der Waals surface area contributed by atoms with Crippen LogP contribution in [0, 0.1) is 0 Å². The highest BCUT2D eigenvalue weighted by Crippen LogP contribution is 2.28. The molecule has 0 saturated carbocycles. The zero-order valence-electron chi connectivity index (χ0n) is 8.03. The Morgan fingerprint density at radius 3 is 2.79 bits per heavy atom. The quantitative estimate of drug-likeness (QED) is 0.862. The second-order valence-electron chi connectivity index (χ2n) is 3.00. The summed E-state index contributed by atoms with van der Waals surface area (Å²) in [5, 5.41) is 9.12. The number of hydrogen-bond donors (Lipinski definition) is 2. The third-order valence-electron chi connectivity index (χ3n) is 2.14. The van der Waals surface area contributed by atoms with E-state index < -0.39 is 0 Å². The van der Waals surface area contributed by atoms with E-state index in [1.165, 1.54) is 0 Å². The van der Waals surface area contributed by atoms with Crippen molar-refractivity contribution < 1.29 is 9.84 Å².